The maximum absolute atomic E-state index is 14.0. The normalized spacial score (nSPS) is 20.9. The SMILES string of the molecule is Bc1cc(C[C@@H](OC(=O)N2CCC(N3CCc4ccccc4NC3=O)CC2)C(=O)N2CCN(C3CCN(S(=O)(=O)NC)CC3)CC2)ccc1O. The Balaban J connectivity index is 1.05. The molecule has 4 amide bonds. The van der Waals surface area contributed by atoms with Gasteiger partial charge in [0.1, 0.15) is 13.6 Å². The maximum Gasteiger partial charge on any atom is 0.410 e. The molecule has 0 bridgehead atoms. The van der Waals surface area contributed by atoms with Crippen molar-refractivity contribution in [3.05, 3.63) is 53.6 Å². The number of hydrogen-bond acceptors (Lipinski definition) is 8. The Kier molecular flexibility index (Phi) is 11.2. The second-order valence-electron chi connectivity index (χ2n) is 13.6. The largest absolute Gasteiger partial charge is 0.509 e. The molecule has 0 aliphatic carbocycles. The highest BCUT2D eigenvalue weighted by Gasteiger charge is 2.37. The first-order valence-electron chi connectivity index (χ1n) is 17.6. The van der Waals surface area contributed by atoms with Crippen molar-refractivity contribution in [2.75, 3.05) is 71.3 Å². The Morgan fingerprint density at radius 3 is 2.30 bits per heavy atom. The molecule has 0 aromatic heterocycles. The number of piperazine rings is 1. The number of piperidine rings is 2. The zero-order valence-electron chi connectivity index (χ0n) is 28.9. The fraction of sp³-hybridized carbons (Fsp3) is 0.559. The van der Waals surface area contributed by atoms with E-state index in [1.165, 1.54) is 11.4 Å². The molecule has 50 heavy (non-hydrogen) atoms. The van der Waals surface area contributed by atoms with E-state index in [1.807, 2.05) is 29.2 Å². The smallest absolute Gasteiger partial charge is 0.410 e. The van der Waals surface area contributed by atoms with Crippen molar-refractivity contribution in [1.29, 1.82) is 0 Å². The van der Waals surface area contributed by atoms with Crippen LogP contribution in [0, 0.1) is 0 Å². The van der Waals surface area contributed by atoms with Crippen LogP contribution in [-0.2, 0) is 32.6 Å². The number of urea groups is 1. The van der Waals surface area contributed by atoms with Crippen molar-refractivity contribution in [3.63, 3.8) is 0 Å². The lowest BCUT2D eigenvalue weighted by molar-refractivity contribution is -0.143. The van der Waals surface area contributed by atoms with E-state index < -0.39 is 22.4 Å². The van der Waals surface area contributed by atoms with E-state index in [-0.39, 0.29) is 36.2 Å². The fourth-order valence-electron chi connectivity index (χ4n) is 7.62. The topological polar surface area (TPSA) is 155 Å². The summed E-state index contributed by atoms with van der Waals surface area (Å²) in [5, 5.41) is 13.1. The number of para-hydroxylation sites is 1. The van der Waals surface area contributed by atoms with Gasteiger partial charge in [-0.3, -0.25) is 9.69 Å². The van der Waals surface area contributed by atoms with Crippen molar-refractivity contribution in [1.82, 2.24) is 28.6 Å². The Bertz CT molecular complexity index is 1660. The molecule has 0 spiro atoms. The molecule has 270 valence electrons. The molecule has 4 aliphatic heterocycles. The highest BCUT2D eigenvalue weighted by Crippen LogP contribution is 2.26. The van der Waals surface area contributed by atoms with E-state index in [0.717, 1.165) is 36.1 Å². The minimum atomic E-state index is -3.44. The van der Waals surface area contributed by atoms with Crippen LogP contribution < -0.4 is 15.5 Å². The molecule has 0 unspecified atom stereocenters. The Hall–Kier alpha value is -3.86. The highest BCUT2D eigenvalue weighted by atomic mass is 32.2. The van der Waals surface area contributed by atoms with Gasteiger partial charge in [0.05, 0.1) is 0 Å². The van der Waals surface area contributed by atoms with Gasteiger partial charge >= 0.3 is 12.1 Å². The lowest BCUT2D eigenvalue weighted by Gasteiger charge is -2.43. The summed E-state index contributed by atoms with van der Waals surface area (Å²) in [7, 11) is -0.234. The third-order valence-electron chi connectivity index (χ3n) is 10.7. The molecule has 4 aliphatic rings. The van der Waals surface area contributed by atoms with Gasteiger partial charge in [-0.25, -0.2) is 14.3 Å². The summed E-state index contributed by atoms with van der Waals surface area (Å²) in [4.78, 5) is 48.2. The van der Waals surface area contributed by atoms with Crippen molar-refractivity contribution in [2.24, 2.45) is 0 Å². The Morgan fingerprint density at radius 1 is 0.940 bits per heavy atom. The number of anilines is 1. The van der Waals surface area contributed by atoms with Crippen LogP contribution in [0.5, 0.6) is 5.75 Å². The number of fused-ring (bicyclic) bond motifs is 1. The number of rotatable bonds is 8. The molecule has 16 heteroatoms. The summed E-state index contributed by atoms with van der Waals surface area (Å²) in [6, 6.07) is 13.1. The van der Waals surface area contributed by atoms with E-state index in [4.69, 9.17) is 4.74 Å². The van der Waals surface area contributed by atoms with Gasteiger partial charge in [0, 0.05) is 90.1 Å². The number of benzene rings is 2. The van der Waals surface area contributed by atoms with Gasteiger partial charge < -0.3 is 29.9 Å². The van der Waals surface area contributed by atoms with Gasteiger partial charge in [-0.15, -0.1) is 0 Å². The number of ether oxygens (including phenoxy) is 1. The summed E-state index contributed by atoms with van der Waals surface area (Å²) in [5.41, 5.74) is 3.39. The number of phenols is 1. The zero-order valence-corrected chi connectivity index (χ0v) is 29.7. The van der Waals surface area contributed by atoms with Crippen LogP contribution in [0.2, 0.25) is 0 Å². The van der Waals surface area contributed by atoms with Gasteiger partial charge in [0.2, 0.25) is 0 Å². The van der Waals surface area contributed by atoms with Crippen LogP contribution in [0.1, 0.15) is 36.8 Å². The monoisotopic (exact) mass is 709 g/mol. The molecule has 3 saturated heterocycles. The number of amides is 4. The molecular weight excluding hydrogens is 661 g/mol. The maximum atomic E-state index is 14.0. The number of aromatic hydroxyl groups is 1. The quantitative estimate of drug-likeness (QED) is 0.332. The predicted octanol–water partition coefficient (Wildman–Crippen LogP) is 0.326. The van der Waals surface area contributed by atoms with E-state index in [9.17, 15) is 27.9 Å². The molecular formula is C34H48BN7O7S. The number of nitrogens with zero attached hydrogens (tertiary/aromatic N) is 5. The summed E-state index contributed by atoms with van der Waals surface area (Å²) < 4.78 is 34.2. The molecule has 3 N–H and O–H groups in total. The molecule has 1 atom stereocenters. The molecule has 3 fully saturated rings. The van der Waals surface area contributed by atoms with Crippen molar-refractivity contribution >= 4 is 47.2 Å². The fourth-order valence-corrected chi connectivity index (χ4v) is 8.57. The van der Waals surface area contributed by atoms with Crippen LogP contribution >= 0.6 is 0 Å². The number of phenolic OH excluding ortho intramolecular Hbond substituents is 1. The van der Waals surface area contributed by atoms with Gasteiger partial charge in [-0.05, 0) is 60.8 Å². The molecule has 0 radical (unpaired) electrons. The number of nitrogens with one attached hydrogen (secondary N) is 2. The summed E-state index contributed by atoms with van der Waals surface area (Å²) in [5.74, 6) is -0.0988. The van der Waals surface area contributed by atoms with Crippen molar-refractivity contribution in [3.8, 4) is 5.75 Å². The third kappa shape index (κ3) is 8.19. The first kappa shape index (κ1) is 36.0. The first-order valence-corrected chi connectivity index (χ1v) is 19.1. The van der Waals surface area contributed by atoms with E-state index >= 15 is 0 Å². The minimum absolute atomic E-state index is 0.0120. The second kappa shape index (κ2) is 15.6. The molecule has 14 nitrogen and oxygen atoms in total. The Morgan fingerprint density at radius 2 is 1.62 bits per heavy atom. The van der Waals surface area contributed by atoms with Crippen LogP contribution in [0.4, 0.5) is 15.3 Å². The zero-order chi connectivity index (χ0) is 35.4. The summed E-state index contributed by atoms with van der Waals surface area (Å²) in [6.07, 6.45) is 2.01. The van der Waals surface area contributed by atoms with Crippen LogP contribution in [0.25, 0.3) is 0 Å². The lowest BCUT2D eigenvalue weighted by Crippen LogP contribution is -2.57. The molecule has 0 saturated carbocycles. The standard InChI is InChI=1S/C34H48BN7O7S/c1-36-50(47,48)41-15-11-26(12-16-41)38-18-20-39(21-19-38)32(44)31(23-24-6-7-30(43)28(35)22-24)49-34(46)40-13-9-27(10-14-40)42-17-8-25-4-2-3-5-29(25)37-33(42)45/h2-7,22,26-27,31,36,43H,8-21,23,35H2,1H3,(H,37,45)/t31-/m1/s1. The Labute approximate surface area is 295 Å². The molecule has 2 aromatic rings. The van der Waals surface area contributed by atoms with Crippen LogP contribution in [-0.4, -0.2) is 147 Å². The third-order valence-corrected chi connectivity index (χ3v) is 12.2. The van der Waals surface area contributed by atoms with E-state index in [0.29, 0.717) is 77.2 Å². The van der Waals surface area contributed by atoms with Crippen LogP contribution in [0.3, 0.4) is 0 Å². The van der Waals surface area contributed by atoms with Gasteiger partial charge in [-0.2, -0.15) is 12.7 Å². The second-order valence-corrected chi connectivity index (χ2v) is 15.5. The number of carbonyl (C=O) groups is 3. The van der Waals surface area contributed by atoms with Gasteiger partial charge in [-0.1, -0.05) is 30.3 Å². The van der Waals surface area contributed by atoms with E-state index in [1.54, 1.807) is 35.8 Å². The molecule has 4 heterocycles. The van der Waals surface area contributed by atoms with Crippen molar-refractivity contribution < 1.29 is 32.6 Å². The molecule has 6 rings (SSSR count). The number of likely N-dealkylation sites (tertiary alicyclic amines) is 1. The number of hydrogen-bond donors (Lipinski definition) is 3. The van der Waals surface area contributed by atoms with Gasteiger partial charge in [0.15, 0.2) is 6.10 Å². The predicted molar refractivity (Wildman–Crippen MR) is 191 cm³/mol. The van der Waals surface area contributed by atoms with Gasteiger partial charge in [0.25, 0.3) is 16.1 Å². The average molecular weight is 710 g/mol. The summed E-state index contributed by atoms with van der Waals surface area (Å²) >= 11 is 0. The minimum Gasteiger partial charge on any atom is -0.509 e. The number of carbonyl (C=O) groups excluding carboxylic acids is 3. The van der Waals surface area contributed by atoms with Crippen LogP contribution in [0.15, 0.2) is 42.5 Å². The summed E-state index contributed by atoms with van der Waals surface area (Å²) in [6.45, 7) is 4.58. The van der Waals surface area contributed by atoms with E-state index in [2.05, 4.69) is 14.9 Å². The highest BCUT2D eigenvalue weighted by molar-refractivity contribution is 7.87. The lowest BCUT2D eigenvalue weighted by atomic mass is 9.91. The first-order chi connectivity index (χ1) is 24.0. The average Bonchev–Trinajstić information content (AvgIpc) is 3.30. The molecule has 2 aromatic carbocycles. The van der Waals surface area contributed by atoms with Crippen molar-refractivity contribution in [2.45, 2.75) is 56.7 Å².